The van der Waals surface area contributed by atoms with Crippen LogP contribution in [0.2, 0.25) is 0 Å². The van der Waals surface area contributed by atoms with E-state index in [0.29, 0.717) is 13.0 Å². The lowest BCUT2D eigenvalue weighted by molar-refractivity contribution is 0.184. The van der Waals surface area contributed by atoms with Gasteiger partial charge in [0.25, 0.3) is 0 Å². The largest absolute Gasteiger partial charge is 0.396 e. The van der Waals surface area contributed by atoms with Crippen LogP contribution in [-0.2, 0) is 17.8 Å². The van der Waals surface area contributed by atoms with Gasteiger partial charge in [-0.3, -0.25) is 0 Å². The average Bonchev–Trinajstić information content (AvgIpc) is 2.86. The van der Waals surface area contributed by atoms with E-state index >= 15 is 0 Å². The third-order valence-electron chi connectivity index (χ3n) is 2.67. The number of benzene rings is 1. The third-order valence-corrected chi connectivity index (χ3v) is 2.67. The zero-order valence-corrected chi connectivity index (χ0v) is 10.4. The van der Waals surface area contributed by atoms with Crippen LogP contribution in [0, 0.1) is 0 Å². The Balaban J connectivity index is 2.22. The van der Waals surface area contributed by atoms with Crippen molar-refractivity contribution >= 4 is 0 Å². The number of aliphatic hydroxyl groups is 1. The van der Waals surface area contributed by atoms with Crippen molar-refractivity contribution in [3.05, 3.63) is 41.7 Å². The van der Waals surface area contributed by atoms with Gasteiger partial charge < -0.3 is 9.84 Å². The Bertz CT molecular complexity index is 496. The smallest absolute Gasteiger partial charge is 0.0832 e. The number of ether oxygens (including phenoxy) is 1. The van der Waals surface area contributed by atoms with Crippen molar-refractivity contribution in [2.45, 2.75) is 19.4 Å². The maximum absolute atomic E-state index is 8.79. The normalized spacial score (nSPS) is 10.8. The van der Waals surface area contributed by atoms with E-state index in [9.17, 15) is 0 Å². The van der Waals surface area contributed by atoms with Crippen LogP contribution in [0.5, 0.6) is 0 Å². The number of nitrogens with zero attached hydrogens (tertiary/aromatic N) is 3. The minimum atomic E-state index is 0.174. The Kier molecular flexibility index (Phi) is 4.44. The number of hydrogen-bond donors (Lipinski definition) is 1. The highest BCUT2D eigenvalue weighted by atomic mass is 16.5. The molecule has 0 aliphatic rings. The van der Waals surface area contributed by atoms with Crippen molar-refractivity contribution < 1.29 is 9.84 Å². The van der Waals surface area contributed by atoms with E-state index in [1.54, 1.807) is 11.8 Å². The van der Waals surface area contributed by atoms with Crippen molar-refractivity contribution in [1.82, 2.24) is 15.0 Å². The summed E-state index contributed by atoms with van der Waals surface area (Å²) in [6.45, 7) is 0.717. The Morgan fingerprint density at radius 1 is 1.33 bits per heavy atom. The van der Waals surface area contributed by atoms with Gasteiger partial charge in [-0.2, -0.15) is 0 Å². The minimum absolute atomic E-state index is 0.174. The van der Waals surface area contributed by atoms with Gasteiger partial charge in [-0.05, 0) is 18.9 Å². The number of para-hydroxylation sites is 1. The van der Waals surface area contributed by atoms with Crippen LogP contribution in [0.15, 0.2) is 30.5 Å². The fourth-order valence-electron chi connectivity index (χ4n) is 1.80. The van der Waals surface area contributed by atoms with Crippen LogP contribution in [0.4, 0.5) is 0 Å². The van der Waals surface area contributed by atoms with Gasteiger partial charge in [0.1, 0.15) is 0 Å². The number of aliphatic hydroxyl groups excluding tert-OH is 1. The van der Waals surface area contributed by atoms with E-state index in [1.807, 2.05) is 30.5 Å². The van der Waals surface area contributed by atoms with E-state index < -0.39 is 0 Å². The number of hydrogen-bond acceptors (Lipinski definition) is 4. The molecule has 2 rings (SSSR count). The van der Waals surface area contributed by atoms with Gasteiger partial charge in [0, 0.05) is 19.3 Å². The van der Waals surface area contributed by atoms with Crippen LogP contribution in [-0.4, -0.2) is 33.8 Å². The summed E-state index contributed by atoms with van der Waals surface area (Å²) in [4.78, 5) is 0. The lowest BCUT2D eigenvalue weighted by atomic mass is 10.2. The summed E-state index contributed by atoms with van der Waals surface area (Å²) in [6.07, 6.45) is 3.34. The molecular formula is C13H17N3O2. The van der Waals surface area contributed by atoms with E-state index in [1.165, 1.54) is 0 Å². The molecule has 1 aromatic heterocycles. The molecule has 0 atom stereocenters. The van der Waals surface area contributed by atoms with E-state index in [2.05, 4.69) is 10.3 Å². The second-order valence-electron chi connectivity index (χ2n) is 4.04. The van der Waals surface area contributed by atoms with Gasteiger partial charge in [-0.25, -0.2) is 4.68 Å². The molecule has 1 N–H and O–H groups in total. The predicted octanol–water partition coefficient (Wildman–Crippen LogP) is 1.34. The molecule has 0 aliphatic heterocycles. The molecule has 96 valence electrons. The first-order chi connectivity index (χ1) is 8.85. The summed E-state index contributed by atoms with van der Waals surface area (Å²) in [5, 5.41) is 17.0. The monoisotopic (exact) mass is 247 g/mol. The highest BCUT2D eigenvalue weighted by molar-refractivity contribution is 5.39. The summed E-state index contributed by atoms with van der Waals surface area (Å²) in [5.74, 6) is 0. The molecule has 0 spiro atoms. The quantitative estimate of drug-likeness (QED) is 0.836. The Morgan fingerprint density at radius 3 is 2.94 bits per heavy atom. The molecule has 0 unspecified atom stereocenters. The molecule has 0 saturated heterocycles. The number of methoxy groups -OCH3 is 1. The topological polar surface area (TPSA) is 60.2 Å². The summed E-state index contributed by atoms with van der Waals surface area (Å²) in [6, 6.07) is 7.93. The fourth-order valence-corrected chi connectivity index (χ4v) is 1.80. The lowest BCUT2D eigenvalue weighted by Gasteiger charge is -2.07. The van der Waals surface area contributed by atoms with Crippen molar-refractivity contribution in [3.63, 3.8) is 0 Å². The summed E-state index contributed by atoms with van der Waals surface area (Å²) < 4.78 is 6.92. The zero-order valence-electron chi connectivity index (χ0n) is 10.4. The van der Waals surface area contributed by atoms with Gasteiger partial charge >= 0.3 is 0 Å². The molecule has 0 fully saturated rings. The molecule has 0 saturated carbocycles. The Labute approximate surface area is 106 Å². The van der Waals surface area contributed by atoms with E-state index in [0.717, 1.165) is 23.4 Å². The summed E-state index contributed by atoms with van der Waals surface area (Å²) in [7, 11) is 1.67. The molecule has 0 aliphatic carbocycles. The van der Waals surface area contributed by atoms with Crippen molar-refractivity contribution in [1.29, 1.82) is 0 Å². The molecule has 1 heterocycles. The molecule has 0 radical (unpaired) electrons. The Hall–Kier alpha value is -1.72. The van der Waals surface area contributed by atoms with Gasteiger partial charge in [-0.15, -0.1) is 5.10 Å². The van der Waals surface area contributed by atoms with Gasteiger partial charge in [-0.1, -0.05) is 23.4 Å². The Morgan fingerprint density at radius 2 is 2.17 bits per heavy atom. The second kappa shape index (κ2) is 6.28. The van der Waals surface area contributed by atoms with E-state index in [4.69, 9.17) is 9.84 Å². The fraction of sp³-hybridized carbons (Fsp3) is 0.385. The molecular weight excluding hydrogens is 230 g/mol. The first-order valence-electron chi connectivity index (χ1n) is 5.94. The number of aromatic nitrogens is 3. The molecule has 2 aromatic rings. The van der Waals surface area contributed by atoms with Gasteiger partial charge in [0.05, 0.1) is 24.2 Å². The highest BCUT2D eigenvalue weighted by Gasteiger charge is 2.06. The summed E-state index contributed by atoms with van der Waals surface area (Å²) in [5.41, 5.74) is 2.93. The van der Waals surface area contributed by atoms with Gasteiger partial charge in [0.2, 0.25) is 0 Å². The predicted molar refractivity (Wildman–Crippen MR) is 67.5 cm³/mol. The van der Waals surface area contributed by atoms with Crippen molar-refractivity contribution in [2.24, 2.45) is 0 Å². The molecule has 1 aromatic carbocycles. The maximum atomic E-state index is 8.79. The second-order valence-corrected chi connectivity index (χ2v) is 4.04. The van der Waals surface area contributed by atoms with Crippen LogP contribution in [0.3, 0.4) is 0 Å². The zero-order chi connectivity index (χ0) is 12.8. The molecule has 0 bridgehead atoms. The first-order valence-corrected chi connectivity index (χ1v) is 5.94. The standard InChI is InChI=1S/C13H17N3O2/c1-18-10-11-5-2-3-7-13(11)16-9-12(14-15-16)6-4-8-17/h2-3,5,7,9,17H,4,6,8,10H2,1H3. The average molecular weight is 247 g/mol. The van der Waals surface area contributed by atoms with E-state index in [-0.39, 0.29) is 6.61 Å². The van der Waals surface area contributed by atoms with Gasteiger partial charge in [0.15, 0.2) is 0 Å². The number of rotatable bonds is 6. The molecule has 5 heteroatoms. The minimum Gasteiger partial charge on any atom is -0.396 e. The highest BCUT2D eigenvalue weighted by Crippen LogP contribution is 2.14. The van der Waals surface area contributed by atoms with Crippen LogP contribution < -0.4 is 0 Å². The first kappa shape index (κ1) is 12.7. The van der Waals surface area contributed by atoms with Crippen LogP contribution in [0.25, 0.3) is 5.69 Å². The SMILES string of the molecule is COCc1ccccc1-n1cc(CCCO)nn1. The summed E-state index contributed by atoms with van der Waals surface area (Å²) >= 11 is 0. The molecule has 0 amide bonds. The van der Waals surface area contributed by atoms with Crippen LogP contribution >= 0.6 is 0 Å². The number of aryl methyl sites for hydroxylation is 1. The van der Waals surface area contributed by atoms with Crippen LogP contribution in [0.1, 0.15) is 17.7 Å². The van der Waals surface area contributed by atoms with Crippen molar-refractivity contribution in [3.8, 4) is 5.69 Å². The maximum Gasteiger partial charge on any atom is 0.0832 e. The van der Waals surface area contributed by atoms with Crippen molar-refractivity contribution in [2.75, 3.05) is 13.7 Å². The molecule has 18 heavy (non-hydrogen) atoms. The third kappa shape index (κ3) is 2.94. The molecule has 5 nitrogen and oxygen atoms in total. The lowest BCUT2D eigenvalue weighted by Crippen LogP contribution is -2.01.